The topological polar surface area (TPSA) is 69.9 Å². The van der Waals surface area contributed by atoms with Crippen LogP contribution in [-0.2, 0) is 7.05 Å². The van der Waals surface area contributed by atoms with E-state index >= 15 is 0 Å². The number of halogens is 2. The molecule has 182 valence electrons. The van der Waals surface area contributed by atoms with Gasteiger partial charge in [-0.25, -0.2) is 4.57 Å². The first kappa shape index (κ1) is 26.5. The summed E-state index contributed by atoms with van der Waals surface area (Å²) < 4.78 is 1.98. The number of nitrogens with zero attached hydrogens (tertiary/aromatic N) is 2. The Morgan fingerprint density at radius 2 is 1.31 bits per heavy atom. The number of anilines is 5. The minimum Gasteiger partial charge on any atom is -1.00 e. The molecule has 0 atom stereocenters. The van der Waals surface area contributed by atoms with Crippen LogP contribution in [0.5, 0.6) is 0 Å². The van der Waals surface area contributed by atoms with Gasteiger partial charge in [-0.05, 0) is 60.7 Å². The number of benzene rings is 3. The van der Waals surface area contributed by atoms with E-state index in [2.05, 4.69) is 20.9 Å². The smallest absolute Gasteiger partial charge is 0.255 e. The summed E-state index contributed by atoms with van der Waals surface area (Å²) in [4.78, 5) is 17.1. The number of carbonyl (C=O) groups excluding carboxylic acids is 1. The van der Waals surface area contributed by atoms with Crippen LogP contribution in [0.2, 0.25) is 0 Å². The molecule has 0 fully saturated rings. The number of rotatable bonds is 6. The van der Waals surface area contributed by atoms with Gasteiger partial charge in [0.1, 0.15) is 7.05 Å². The van der Waals surface area contributed by atoms with Crippen LogP contribution < -0.4 is 32.9 Å². The van der Waals surface area contributed by atoms with Crippen LogP contribution in [-0.4, -0.2) is 10.9 Å². The summed E-state index contributed by atoms with van der Waals surface area (Å²) in [6, 6.07) is 29.0. The van der Waals surface area contributed by atoms with Gasteiger partial charge in [-0.1, -0.05) is 18.2 Å². The number of para-hydroxylation sites is 1. The highest BCUT2D eigenvalue weighted by Gasteiger charge is 2.08. The van der Waals surface area contributed by atoms with Gasteiger partial charge in [0.2, 0.25) is 0 Å². The second-order valence-electron chi connectivity index (χ2n) is 7.99. The lowest BCUT2D eigenvalue weighted by molar-refractivity contribution is -0.671. The Morgan fingerprint density at radius 1 is 0.722 bits per heavy atom. The highest BCUT2D eigenvalue weighted by Crippen LogP contribution is 2.25. The third kappa shape index (κ3) is 6.30. The van der Waals surface area contributed by atoms with Crippen molar-refractivity contribution in [2.75, 3.05) is 16.0 Å². The van der Waals surface area contributed by atoms with Gasteiger partial charge in [-0.2, -0.15) is 0 Å². The fourth-order valence-corrected chi connectivity index (χ4v) is 3.66. The van der Waals surface area contributed by atoms with Gasteiger partial charge in [-0.3, -0.25) is 9.78 Å². The Balaban J connectivity index is 0.00000180. The second kappa shape index (κ2) is 12.0. The number of carbonyl (C=O) groups is 1. The van der Waals surface area contributed by atoms with Gasteiger partial charge in [0.05, 0.1) is 11.2 Å². The lowest BCUT2D eigenvalue weighted by Crippen LogP contribution is -3.00. The van der Waals surface area contributed by atoms with Crippen molar-refractivity contribution in [1.29, 1.82) is 0 Å². The Hall–Kier alpha value is -4.13. The molecule has 0 aliphatic carbocycles. The van der Waals surface area contributed by atoms with E-state index in [1.807, 2.05) is 115 Å². The van der Waals surface area contributed by atoms with E-state index in [4.69, 9.17) is 0 Å². The standard InChI is InChI=1S/C28H23N5O.2ClH/c1-33-18-15-24(16-19-33)30-21-10-12-23(13-11-21)32-28(34)20-6-8-22(9-7-20)31-27-14-17-29-26-5-3-2-4-25(26)27;;/h2-19H,1H3,(H2,29,31,32,34);2*1H. The number of fused-ring (bicyclic) bond motifs is 1. The molecular weight excluding hydrogens is 493 g/mol. The minimum atomic E-state index is -0.155. The Labute approximate surface area is 222 Å². The summed E-state index contributed by atoms with van der Waals surface area (Å²) in [5.74, 6) is -0.155. The number of pyridine rings is 2. The average Bonchev–Trinajstić information content (AvgIpc) is 2.87. The zero-order chi connectivity index (χ0) is 23.3. The van der Waals surface area contributed by atoms with Crippen LogP contribution in [0.15, 0.2) is 110 Å². The lowest BCUT2D eigenvalue weighted by Gasteiger charge is -2.11. The normalized spacial score (nSPS) is 10.0. The largest absolute Gasteiger partial charge is 1.00 e. The first-order chi connectivity index (χ1) is 16.6. The number of amides is 1. The van der Waals surface area contributed by atoms with E-state index in [1.165, 1.54) is 0 Å². The number of aromatic nitrogens is 2. The first-order valence-corrected chi connectivity index (χ1v) is 11.0. The maximum Gasteiger partial charge on any atom is 0.255 e. The fraction of sp³-hybridized carbons (Fsp3) is 0.0357. The first-order valence-electron chi connectivity index (χ1n) is 11.0. The molecule has 5 aromatic rings. The Bertz CT molecular complexity index is 1440. The highest BCUT2D eigenvalue weighted by molar-refractivity contribution is 6.04. The molecule has 2 heterocycles. The third-order valence-corrected chi connectivity index (χ3v) is 5.49. The molecule has 0 spiro atoms. The van der Waals surface area contributed by atoms with Crippen LogP contribution in [0.1, 0.15) is 10.4 Å². The molecule has 0 bridgehead atoms. The molecule has 5 rings (SSSR count). The molecule has 0 aliphatic rings. The zero-order valence-corrected chi connectivity index (χ0v) is 21.1. The van der Waals surface area contributed by atoms with Crippen molar-refractivity contribution in [3.63, 3.8) is 0 Å². The van der Waals surface area contributed by atoms with Crippen LogP contribution in [0.25, 0.3) is 10.9 Å². The van der Waals surface area contributed by atoms with Crippen LogP contribution in [0, 0.1) is 0 Å². The number of hydrogen-bond acceptors (Lipinski definition) is 4. The van der Waals surface area contributed by atoms with Gasteiger partial charge < -0.3 is 28.4 Å². The molecule has 0 saturated heterocycles. The number of hydrogen-bond donors (Lipinski definition) is 3. The van der Waals surface area contributed by atoms with Crippen LogP contribution in [0.4, 0.5) is 28.4 Å². The summed E-state index contributed by atoms with van der Waals surface area (Å²) in [6.07, 6.45) is 5.75. The van der Waals surface area contributed by atoms with Crippen molar-refractivity contribution >= 4 is 57.7 Å². The van der Waals surface area contributed by atoms with E-state index in [0.29, 0.717) is 5.56 Å². The summed E-state index contributed by atoms with van der Waals surface area (Å²) in [5.41, 5.74) is 6.08. The molecule has 3 aromatic carbocycles. The van der Waals surface area contributed by atoms with Gasteiger partial charge in [0, 0.05) is 52.0 Å². The van der Waals surface area contributed by atoms with Crippen LogP contribution >= 0.6 is 12.4 Å². The van der Waals surface area contributed by atoms with E-state index in [-0.39, 0.29) is 30.7 Å². The summed E-state index contributed by atoms with van der Waals surface area (Å²) >= 11 is 0. The molecule has 0 unspecified atom stereocenters. The molecule has 3 N–H and O–H groups in total. The van der Waals surface area contributed by atoms with Gasteiger partial charge >= 0.3 is 0 Å². The van der Waals surface area contributed by atoms with E-state index in [1.54, 1.807) is 6.20 Å². The minimum absolute atomic E-state index is 0. The van der Waals surface area contributed by atoms with Crippen molar-refractivity contribution < 1.29 is 21.8 Å². The second-order valence-corrected chi connectivity index (χ2v) is 7.99. The Kier molecular flexibility index (Phi) is 8.84. The molecule has 0 radical (unpaired) electrons. The van der Waals surface area contributed by atoms with E-state index in [0.717, 1.165) is 39.3 Å². The van der Waals surface area contributed by atoms with Crippen LogP contribution in [0.3, 0.4) is 0 Å². The van der Waals surface area contributed by atoms with Crippen molar-refractivity contribution in [3.8, 4) is 0 Å². The fourth-order valence-electron chi connectivity index (χ4n) is 3.66. The highest BCUT2D eigenvalue weighted by atomic mass is 35.5. The quantitative estimate of drug-likeness (QED) is 0.302. The lowest BCUT2D eigenvalue weighted by atomic mass is 10.1. The van der Waals surface area contributed by atoms with Gasteiger partial charge in [-0.15, -0.1) is 12.4 Å². The molecule has 8 heteroatoms. The molecule has 0 aliphatic heterocycles. The van der Waals surface area contributed by atoms with Crippen molar-refractivity contribution in [2.24, 2.45) is 7.05 Å². The zero-order valence-electron chi connectivity index (χ0n) is 19.5. The van der Waals surface area contributed by atoms with E-state index < -0.39 is 0 Å². The molecular formula is C28H25Cl2N5O. The Morgan fingerprint density at radius 3 is 2.03 bits per heavy atom. The molecule has 1 amide bonds. The molecule has 0 saturated carbocycles. The SMILES string of the molecule is C[n+]1ccc(Nc2ccc(NC(=O)c3ccc(Nc4ccnc5ccccc45)cc3)cc2)cc1.Cl.[Cl-]. The van der Waals surface area contributed by atoms with Crippen molar-refractivity contribution in [2.45, 2.75) is 0 Å². The monoisotopic (exact) mass is 517 g/mol. The number of nitrogens with one attached hydrogen (secondary N) is 3. The maximum absolute atomic E-state index is 12.7. The predicted molar refractivity (Wildman–Crippen MR) is 144 cm³/mol. The molecule has 2 aromatic heterocycles. The van der Waals surface area contributed by atoms with Crippen molar-refractivity contribution in [1.82, 2.24) is 4.98 Å². The predicted octanol–water partition coefficient (Wildman–Crippen LogP) is 3.22. The molecule has 6 nitrogen and oxygen atoms in total. The summed E-state index contributed by atoms with van der Waals surface area (Å²) in [6.45, 7) is 0. The molecule has 36 heavy (non-hydrogen) atoms. The summed E-state index contributed by atoms with van der Waals surface area (Å²) in [7, 11) is 1.98. The average molecular weight is 518 g/mol. The van der Waals surface area contributed by atoms with Crippen molar-refractivity contribution in [3.05, 3.63) is 115 Å². The maximum atomic E-state index is 12.7. The van der Waals surface area contributed by atoms with Gasteiger partial charge in [0.25, 0.3) is 5.91 Å². The van der Waals surface area contributed by atoms with E-state index in [9.17, 15) is 4.79 Å². The number of aryl methyl sites for hydroxylation is 1. The third-order valence-electron chi connectivity index (χ3n) is 5.49. The summed E-state index contributed by atoms with van der Waals surface area (Å²) in [5, 5.41) is 10.8. The van der Waals surface area contributed by atoms with Gasteiger partial charge in [0.15, 0.2) is 12.4 Å².